The van der Waals surface area contributed by atoms with Crippen LogP contribution in [0.5, 0.6) is 0 Å². The first-order valence-electron chi connectivity index (χ1n) is 6.80. The lowest BCUT2D eigenvalue weighted by atomic mass is 10.0. The summed E-state index contributed by atoms with van der Waals surface area (Å²) in [6.07, 6.45) is 5.46. The molecule has 1 aromatic heterocycles. The summed E-state index contributed by atoms with van der Waals surface area (Å²) in [6.45, 7) is 6.76. The number of thiophene rings is 1. The van der Waals surface area contributed by atoms with E-state index in [1.165, 1.54) is 30.3 Å². The SMILES string of the molecule is CC(C)C1CCCN1Cc1ccc(C=CC(=O)O)s1. The number of nitrogens with zero attached hydrogens (tertiary/aromatic N) is 1. The Hall–Kier alpha value is -1.13. The van der Waals surface area contributed by atoms with Gasteiger partial charge in [-0.25, -0.2) is 4.79 Å². The second-order valence-electron chi connectivity index (χ2n) is 5.40. The highest BCUT2D eigenvalue weighted by atomic mass is 32.1. The smallest absolute Gasteiger partial charge is 0.328 e. The molecule has 0 spiro atoms. The van der Waals surface area contributed by atoms with Gasteiger partial charge in [0.15, 0.2) is 0 Å². The molecule has 1 atom stereocenters. The number of carboxylic acid groups (broad SMARTS) is 1. The topological polar surface area (TPSA) is 40.5 Å². The maximum absolute atomic E-state index is 10.5. The summed E-state index contributed by atoms with van der Waals surface area (Å²) in [7, 11) is 0. The van der Waals surface area contributed by atoms with Gasteiger partial charge in [-0.2, -0.15) is 0 Å². The van der Waals surface area contributed by atoms with E-state index in [0.29, 0.717) is 12.0 Å². The van der Waals surface area contributed by atoms with Crippen molar-refractivity contribution in [1.29, 1.82) is 0 Å². The van der Waals surface area contributed by atoms with Crippen LogP contribution in [0.15, 0.2) is 18.2 Å². The lowest BCUT2D eigenvalue weighted by Gasteiger charge is -2.26. The predicted octanol–water partition coefficient (Wildman–Crippen LogP) is 3.47. The summed E-state index contributed by atoms with van der Waals surface area (Å²) in [4.78, 5) is 15.4. The summed E-state index contributed by atoms with van der Waals surface area (Å²) in [5.74, 6) is -0.191. The molecule has 1 aromatic rings. The van der Waals surface area contributed by atoms with Crippen LogP contribution in [-0.2, 0) is 11.3 Å². The molecule has 1 N–H and O–H groups in total. The molecule has 1 aliphatic rings. The Morgan fingerprint density at radius 2 is 2.37 bits per heavy atom. The van der Waals surface area contributed by atoms with Crippen LogP contribution in [0.2, 0.25) is 0 Å². The second-order valence-corrected chi connectivity index (χ2v) is 6.60. The highest BCUT2D eigenvalue weighted by Crippen LogP contribution is 2.28. The van der Waals surface area contributed by atoms with Crippen molar-refractivity contribution in [3.8, 4) is 0 Å². The number of aliphatic carboxylic acids is 1. The van der Waals surface area contributed by atoms with Gasteiger partial charge in [0.25, 0.3) is 0 Å². The summed E-state index contributed by atoms with van der Waals surface area (Å²) < 4.78 is 0. The van der Waals surface area contributed by atoms with Crippen LogP contribution < -0.4 is 0 Å². The second kappa shape index (κ2) is 6.35. The molecule has 4 heteroatoms. The minimum Gasteiger partial charge on any atom is -0.478 e. The summed E-state index contributed by atoms with van der Waals surface area (Å²) >= 11 is 1.68. The van der Waals surface area contributed by atoms with E-state index in [1.54, 1.807) is 17.4 Å². The van der Waals surface area contributed by atoms with E-state index in [0.717, 1.165) is 11.4 Å². The fourth-order valence-corrected chi connectivity index (χ4v) is 3.67. The first-order chi connectivity index (χ1) is 9.06. The van der Waals surface area contributed by atoms with Crippen molar-refractivity contribution >= 4 is 23.4 Å². The van der Waals surface area contributed by atoms with Gasteiger partial charge >= 0.3 is 5.97 Å². The van der Waals surface area contributed by atoms with Crippen LogP contribution in [0.3, 0.4) is 0 Å². The summed E-state index contributed by atoms with van der Waals surface area (Å²) in [6, 6.07) is 4.81. The molecule has 1 aliphatic heterocycles. The van der Waals surface area contributed by atoms with Gasteiger partial charge in [-0.3, -0.25) is 4.90 Å². The van der Waals surface area contributed by atoms with Crippen molar-refractivity contribution < 1.29 is 9.90 Å². The first-order valence-corrected chi connectivity index (χ1v) is 7.61. The van der Waals surface area contributed by atoms with Crippen molar-refractivity contribution in [3.05, 3.63) is 28.0 Å². The molecule has 3 nitrogen and oxygen atoms in total. The quantitative estimate of drug-likeness (QED) is 0.839. The largest absolute Gasteiger partial charge is 0.478 e. The maximum Gasteiger partial charge on any atom is 0.328 e. The zero-order valence-electron chi connectivity index (χ0n) is 11.5. The van der Waals surface area contributed by atoms with Gasteiger partial charge in [0.2, 0.25) is 0 Å². The fraction of sp³-hybridized carbons (Fsp3) is 0.533. The third kappa shape index (κ3) is 3.91. The van der Waals surface area contributed by atoms with Gasteiger partial charge in [-0.05, 0) is 43.5 Å². The third-order valence-corrected chi connectivity index (χ3v) is 4.65. The number of likely N-dealkylation sites (tertiary alicyclic amines) is 1. The standard InChI is InChI=1S/C15H21NO2S/c1-11(2)14-4-3-9-16(14)10-13-6-5-12(19-13)7-8-15(17)18/h5-8,11,14H,3-4,9-10H2,1-2H3,(H,17,18). The molecule has 0 amide bonds. The Kier molecular flexibility index (Phi) is 4.77. The molecular weight excluding hydrogens is 258 g/mol. The van der Waals surface area contributed by atoms with Crippen LogP contribution in [0.1, 0.15) is 36.4 Å². The molecular formula is C15H21NO2S. The van der Waals surface area contributed by atoms with Crippen LogP contribution in [0.25, 0.3) is 6.08 Å². The highest BCUT2D eigenvalue weighted by Gasteiger charge is 2.26. The molecule has 1 unspecified atom stereocenters. The van der Waals surface area contributed by atoms with E-state index in [1.807, 2.05) is 6.07 Å². The van der Waals surface area contributed by atoms with Crippen molar-refractivity contribution in [2.45, 2.75) is 39.3 Å². The average molecular weight is 279 g/mol. The van der Waals surface area contributed by atoms with Gasteiger partial charge in [-0.1, -0.05) is 13.8 Å². The van der Waals surface area contributed by atoms with Crippen molar-refractivity contribution in [2.24, 2.45) is 5.92 Å². The number of carbonyl (C=O) groups is 1. The molecule has 0 bridgehead atoms. The Labute approximate surface area is 118 Å². The zero-order chi connectivity index (χ0) is 13.8. The number of carboxylic acids is 1. The molecule has 0 aliphatic carbocycles. The van der Waals surface area contributed by atoms with Crippen LogP contribution in [-0.4, -0.2) is 28.6 Å². The average Bonchev–Trinajstić information content (AvgIpc) is 2.96. The van der Waals surface area contributed by atoms with E-state index in [4.69, 9.17) is 5.11 Å². The van der Waals surface area contributed by atoms with Crippen molar-refractivity contribution in [2.75, 3.05) is 6.54 Å². The van der Waals surface area contributed by atoms with Gasteiger partial charge < -0.3 is 5.11 Å². The van der Waals surface area contributed by atoms with E-state index in [-0.39, 0.29) is 0 Å². The van der Waals surface area contributed by atoms with Gasteiger partial charge in [0.1, 0.15) is 0 Å². The van der Waals surface area contributed by atoms with Crippen LogP contribution in [0, 0.1) is 5.92 Å². The molecule has 19 heavy (non-hydrogen) atoms. The van der Waals surface area contributed by atoms with Crippen LogP contribution >= 0.6 is 11.3 Å². The Morgan fingerprint density at radius 3 is 3.05 bits per heavy atom. The van der Waals surface area contributed by atoms with Gasteiger partial charge in [-0.15, -0.1) is 11.3 Å². The van der Waals surface area contributed by atoms with E-state index >= 15 is 0 Å². The summed E-state index contributed by atoms with van der Waals surface area (Å²) in [5.41, 5.74) is 0. The molecule has 104 valence electrons. The molecule has 1 fully saturated rings. The third-order valence-electron chi connectivity index (χ3n) is 3.62. The van der Waals surface area contributed by atoms with Crippen molar-refractivity contribution in [3.63, 3.8) is 0 Å². The molecule has 1 saturated heterocycles. The molecule has 2 rings (SSSR count). The van der Waals surface area contributed by atoms with E-state index in [2.05, 4.69) is 24.8 Å². The number of rotatable bonds is 5. The Morgan fingerprint density at radius 1 is 1.58 bits per heavy atom. The maximum atomic E-state index is 10.5. The minimum atomic E-state index is -0.894. The summed E-state index contributed by atoms with van der Waals surface area (Å²) in [5, 5.41) is 8.62. The Bertz CT molecular complexity index is 464. The van der Waals surface area contributed by atoms with Crippen molar-refractivity contribution in [1.82, 2.24) is 4.90 Å². The highest BCUT2D eigenvalue weighted by molar-refractivity contribution is 7.12. The van der Waals surface area contributed by atoms with E-state index in [9.17, 15) is 4.79 Å². The molecule has 2 heterocycles. The van der Waals surface area contributed by atoms with Gasteiger partial charge in [0.05, 0.1) is 0 Å². The Balaban J connectivity index is 1.98. The number of hydrogen-bond acceptors (Lipinski definition) is 3. The first kappa shape index (κ1) is 14.3. The van der Waals surface area contributed by atoms with Crippen LogP contribution in [0.4, 0.5) is 0 Å². The lowest BCUT2D eigenvalue weighted by molar-refractivity contribution is -0.131. The zero-order valence-corrected chi connectivity index (χ0v) is 12.3. The predicted molar refractivity (Wildman–Crippen MR) is 79.3 cm³/mol. The van der Waals surface area contributed by atoms with E-state index < -0.39 is 5.97 Å². The molecule has 0 radical (unpaired) electrons. The molecule has 0 aromatic carbocycles. The molecule has 0 saturated carbocycles. The van der Waals surface area contributed by atoms with Gasteiger partial charge in [0, 0.05) is 28.4 Å². The monoisotopic (exact) mass is 279 g/mol. The fourth-order valence-electron chi connectivity index (χ4n) is 2.73. The normalized spacial score (nSPS) is 20.7. The lowest BCUT2D eigenvalue weighted by Crippen LogP contribution is -2.32. The minimum absolute atomic E-state index is 0.695. The number of hydrogen-bond donors (Lipinski definition) is 1.